The van der Waals surface area contributed by atoms with Gasteiger partial charge in [-0.15, -0.1) is 0 Å². The fourth-order valence-corrected chi connectivity index (χ4v) is 2.73. The molecule has 0 spiro atoms. The number of hydrogen-bond acceptors (Lipinski definition) is 3. The molecule has 5 heteroatoms. The van der Waals surface area contributed by atoms with Crippen LogP contribution < -0.4 is 10.6 Å². The van der Waals surface area contributed by atoms with Gasteiger partial charge in [-0.3, -0.25) is 9.59 Å². The Morgan fingerprint density at radius 3 is 2.56 bits per heavy atom. The fourth-order valence-electron chi connectivity index (χ4n) is 2.47. The zero-order valence-corrected chi connectivity index (χ0v) is 12.3. The van der Waals surface area contributed by atoms with Gasteiger partial charge in [-0.1, -0.05) is 26.7 Å². The van der Waals surface area contributed by atoms with Gasteiger partial charge in [0, 0.05) is 18.7 Å². The Kier molecular flexibility index (Phi) is 5.50. The third kappa shape index (κ3) is 4.19. The maximum Gasteiger partial charge on any atom is 0.243 e. The Labute approximate surface area is 115 Å². The summed E-state index contributed by atoms with van der Waals surface area (Å²) in [6.45, 7) is 5.78. The molecule has 2 atom stereocenters. The van der Waals surface area contributed by atoms with Crippen molar-refractivity contribution in [3.8, 4) is 0 Å². The quantitative estimate of drug-likeness (QED) is 0.679. The van der Waals surface area contributed by atoms with Gasteiger partial charge in [0.25, 0.3) is 0 Å². The molecule has 1 saturated carbocycles. The number of carbonyl (C=O) groups excluding carboxylic acids is 2. The van der Waals surface area contributed by atoms with Crippen LogP contribution in [0.4, 0.5) is 0 Å². The zero-order valence-electron chi connectivity index (χ0n) is 11.5. The van der Waals surface area contributed by atoms with Crippen LogP contribution in [0.25, 0.3) is 0 Å². The number of hydrogen-bond donors (Lipinski definition) is 3. The first-order valence-electron chi connectivity index (χ1n) is 6.55. The maximum atomic E-state index is 12.1. The Morgan fingerprint density at radius 2 is 2.06 bits per heavy atom. The fraction of sp³-hybridized carbons (Fsp3) is 0.846. The van der Waals surface area contributed by atoms with Crippen molar-refractivity contribution in [2.45, 2.75) is 58.5 Å². The van der Waals surface area contributed by atoms with E-state index in [1.165, 1.54) is 13.3 Å². The lowest BCUT2D eigenvalue weighted by atomic mass is 9.73. The molecule has 2 unspecified atom stereocenters. The molecule has 2 N–H and O–H groups in total. The predicted octanol–water partition coefficient (Wildman–Crippen LogP) is 1.51. The minimum absolute atomic E-state index is 0.125. The Bertz CT molecular complexity index is 318. The predicted molar refractivity (Wildman–Crippen MR) is 75.6 cm³/mol. The third-order valence-corrected chi connectivity index (χ3v) is 4.07. The van der Waals surface area contributed by atoms with E-state index >= 15 is 0 Å². The molecule has 104 valence electrons. The molecule has 0 radical (unpaired) electrons. The summed E-state index contributed by atoms with van der Waals surface area (Å²) >= 11 is 4.12. The summed E-state index contributed by atoms with van der Waals surface area (Å²) < 4.78 is 0. The van der Waals surface area contributed by atoms with Gasteiger partial charge < -0.3 is 10.6 Å². The Morgan fingerprint density at radius 1 is 1.39 bits per heavy atom. The minimum Gasteiger partial charge on any atom is -0.351 e. The Balaban J connectivity index is 2.59. The molecule has 0 aromatic heterocycles. The highest BCUT2D eigenvalue weighted by atomic mass is 32.1. The van der Waals surface area contributed by atoms with Crippen molar-refractivity contribution in [2.75, 3.05) is 5.75 Å². The lowest BCUT2D eigenvalue weighted by Crippen LogP contribution is -2.54. The van der Waals surface area contributed by atoms with Crippen molar-refractivity contribution in [2.24, 2.45) is 5.41 Å². The summed E-state index contributed by atoms with van der Waals surface area (Å²) in [5.41, 5.74) is 0.130. The van der Waals surface area contributed by atoms with Crippen molar-refractivity contribution in [1.29, 1.82) is 0 Å². The van der Waals surface area contributed by atoms with Crippen molar-refractivity contribution >= 4 is 24.4 Å². The first-order chi connectivity index (χ1) is 8.36. The molecule has 18 heavy (non-hydrogen) atoms. The summed E-state index contributed by atoms with van der Waals surface area (Å²) in [6, 6.07) is -0.349. The van der Waals surface area contributed by atoms with Gasteiger partial charge in [-0.25, -0.2) is 0 Å². The molecule has 1 aliphatic carbocycles. The Hall–Kier alpha value is -0.710. The van der Waals surface area contributed by atoms with Crippen molar-refractivity contribution in [3.05, 3.63) is 0 Å². The van der Waals surface area contributed by atoms with Crippen LogP contribution >= 0.6 is 12.6 Å². The molecule has 4 nitrogen and oxygen atoms in total. The molecule has 1 fully saturated rings. The first-order valence-corrected chi connectivity index (χ1v) is 7.18. The number of thiol groups is 1. The highest BCUT2D eigenvalue weighted by Crippen LogP contribution is 2.35. The van der Waals surface area contributed by atoms with Crippen LogP contribution in [-0.2, 0) is 9.59 Å². The average Bonchev–Trinajstić information content (AvgIpc) is 2.28. The standard InChI is InChI=1S/C13H24N2O2S/c1-9(16)14-10(8-18)12(17)15-11-6-4-5-7-13(11,2)3/h10-11,18H,4-8H2,1-3H3,(H,14,16)(H,15,17). The van der Waals surface area contributed by atoms with E-state index in [1.54, 1.807) is 0 Å². The largest absolute Gasteiger partial charge is 0.351 e. The van der Waals surface area contributed by atoms with E-state index in [0.29, 0.717) is 5.75 Å². The molecule has 0 aromatic carbocycles. The number of nitrogens with one attached hydrogen (secondary N) is 2. The lowest BCUT2D eigenvalue weighted by Gasteiger charge is -2.39. The summed E-state index contributed by atoms with van der Waals surface area (Å²) in [5, 5.41) is 5.68. The topological polar surface area (TPSA) is 58.2 Å². The number of carbonyl (C=O) groups is 2. The van der Waals surface area contributed by atoms with Gasteiger partial charge in [-0.05, 0) is 18.3 Å². The van der Waals surface area contributed by atoms with E-state index in [-0.39, 0.29) is 23.3 Å². The molecule has 0 bridgehead atoms. The van der Waals surface area contributed by atoms with Crippen LogP contribution in [-0.4, -0.2) is 29.7 Å². The second kappa shape index (κ2) is 6.45. The second-order valence-corrected chi connectivity index (χ2v) is 6.10. The average molecular weight is 272 g/mol. The zero-order chi connectivity index (χ0) is 13.8. The molecule has 0 heterocycles. The summed E-state index contributed by atoms with van der Waals surface area (Å²) in [7, 11) is 0. The molecular formula is C13H24N2O2S. The number of rotatable bonds is 4. The van der Waals surface area contributed by atoms with Crippen LogP contribution in [0, 0.1) is 5.41 Å². The summed E-state index contributed by atoms with van der Waals surface area (Å²) in [4.78, 5) is 23.1. The van der Waals surface area contributed by atoms with Crippen LogP contribution in [0.1, 0.15) is 46.5 Å². The maximum absolute atomic E-state index is 12.1. The van der Waals surface area contributed by atoms with Crippen molar-refractivity contribution in [3.63, 3.8) is 0 Å². The van der Waals surface area contributed by atoms with Gasteiger partial charge >= 0.3 is 0 Å². The lowest BCUT2D eigenvalue weighted by molar-refractivity contribution is -0.128. The molecule has 0 saturated heterocycles. The third-order valence-electron chi connectivity index (χ3n) is 3.70. The van der Waals surface area contributed by atoms with E-state index in [4.69, 9.17) is 0 Å². The summed E-state index contributed by atoms with van der Waals surface area (Å²) in [6.07, 6.45) is 4.52. The van der Waals surface area contributed by atoms with Crippen LogP contribution in [0.2, 0.25) is 0 Å². The smallest absolute Gasteiger partial charge is 0.243 e. The monoisotopic (exact) mass is 272 g/mol. The van der Waals surface area contributed by atoms with Crippen molar-refractivity contribution in [1.82, 2.24) is 10.6 Å². The van der Waals surface area contributed by atoms with Gasteiger partial charge in [0.2, 0.25) is 11.8 Å². The summed E-state index contributed by atoms with van der Waals surface area (Å²) in [5.74, 6) is -0.00858. The van der Waals surface area contributed by atoms with E-state index < -0.39 is 6.04 Å². The number of amides is 2. The van der Waals surface area contributed by atoms with Crippen LogP contribution in [0.3, 0.4) is 0 Å². The molecule has 0 aliphatic heterocycles. The highest BCUT2D eigenvalue weighted by Gasteiger charge is 2.34. The molecule has 2 amide bonds. The highest BCUT2D eigenvalue weighted by molar-refractivity contribution is 7.80. The van der Waals surface area contributed by atoms with E-state index in [1.807, 2.05) is 0 Å². The van der Waals surface area contributed by atoms with E-state index in [2.05, 4.69) is 37.1 Å². The second-order valence-electron chi connectivity index (χ2n) is 5.73. The minimum atomic E-state index is -0.538. The van der Waals surface area contributed by atoms with Crippen LogP contribution in [0.5, 0.6) is 0 Å². The molecular weight excluding hydrogens is 248 g/mol. The van der Waals surface area contributed by atoms with Gasteiger partial charge in [0.05, 0.1) is 0 Å². The first kappa shape index (κ1) is 15.3. The molecule has 1 rings (SSSR count). The SMILES string of the molecule is CC(=O)NC(CS)C(=O)NC1CCCCC1(C)C. The van der Waals surface area contributed by atoms with E-state index in [0.717, 1.165) is 19.3 Å². The normalized spacial score (nSPS) is 24.1. The van der Waals surface area contributed by atoms with Crippen LogP contribution in [0.15, 0.2) is 0 Å². The van der Waals surface area contributed by atoms with Gasteiger partial charge in [0.15, 0.2) is 0 Å². The van der Waals surface area contributed by atoms with Gasteiger partial charge in [-0.2, -0.15) is 12.6 Å². The van der Waals surface area contributed by atoms with Crippen molar-refractivity contribution < 1.29 is 9.59 Å². The molecule has 0 aromatic rings. The van der Waals surface area contributed by atoms with E-state index in [9.17, 15) is 9.59 Å². The van der Waals surface area contributed by atoms with Gasteiger partial charge in [0.1, 0.15) is 6.04 Å². The molecule has 1 aliphatic rings.